The van der Waals surface area contributed by atoms with E-state index in [4.69, 9.17) is 10.8 Å². The lowest BCUT2D eigenvalue weighted by Crippen LogP contribution is -2.06. The van der Waals surface area contributed by atoms with Crippen molar-refractivity contribution < 1.29 is 19.0 Å². The lowest BCUT2D eigenvalue weighted by atomic mass is 10.1. The van der Waals surface area contributed by atoms with E-state index in [1.165, 1.54) is 19.1 Å². The van der Waals surface area contributed by atoms with Gasteiger partial charge in [0.1, 0.15) is 11.9 Å². The maximum Gasteiger partial charge on any atom is 0.506 e. The number of anilines is 1. The summed E-state index contributed by atoms with van der Waals surface area (Å²) in [5.41, 5.74) is 5.71. The van der Waals surface area contributed by atoms with Gasteiger partial charge in [-0.2, -0.15) is 0 Å². The highest BCUT2D eigenvalue weighted by Crippen LogP contribution is 2.20. The highest BCUT2D eigenvalue weighted by atomic mass is 19.1. The number of nitrogen functional groups attached to an aromatic ring is 1. The highest BCUT2D eigenvalue weighted by molar-refractivity contribution is 5.57. The molecule has 1 atom stereocenters. The van der Waals surface area contributed by atoms with Crippen molar-refractivity contribution in [3.05, 3.63) is 29.6 Å². The smallest absolute Gasteiger partial charge is 0.450 e. The second kappa shape index (κ2) is 3.95. The third-order valence-corrected chi connectivity index (χ3v) is 1.77. The fourth-order valence-electron chi connectivity index (χ4n) is 1.02. The minimum Gasteiger partial charge on any atom is -0.450 e. The van der Waals surface area contributed by atoms with Gasteiger partial charge >= 0.3 is 6.16 Å². The Morgan fingerprint density at radius 1 is 1.64 bits per heavy atom. The first kappa shape index (κ1) is 10.3. The molecule has 1 rings (SSSR count). The summed E-state index contributed by atoms with van der Waals surface area (Å²) in [6.07, 6.45) is -2.10. The van der Waals surface area contributed by atoms with E-state index in [0.29, 0.717) is 5.56 Å². The van der Waals surface area contributed by atoms with Crippen LogP contribution in [0.25, 0.3) is 0 Å². The average molecular weight is 199 g/mol. The summed E-state index contributed by atoms with van der Waals surface area (Å²) in [4.78, 5) is 10.2. The van der Waals surface area contributed by atoms with Gasteiger partial charge in [-0.1, -0.05) is 6.07 Å². The molecular formula is C9H10FNO3. The molecule has 1 aromatic rings. The second-order valence-electron chi connectivity index (χ2n) is 2.81. The van der Waals surface area contributed by atoms with Gasteiger partial charge < -0.3 is 15.6 Å². The van der Waals surface area contributed by atoms with Gasteiger partial charge in [0.2, 0.25) is 0 Å². The Bertz CT molecular complexity index is 354. The number of benzene rings is 1. The Labute approximate surface area is 80.1 Å². The molecule has 0 aliphatic rings. The molecule has 0 saturated carbocycles. The number of halogens is 1. The van der Waals surface area contributed by atoms with E-state index in [-0.39, 0.29) is 5.69 Å². The fraction of sp³-hybridized carbons (Fsp3) is 0.222. The first-order valence-corrected chi connectivity index (χ1v) is 3.95. The van der Waals surface area contributed by atoms with Crippen LogP contribution >= 0.6 is 0 Å². The molecule has 76 valence electrons. The van der Waals surface area contributed by atoms with Crippen LogP contribution in [0.5, 0.6) is 0 Å². The fourth-order valence-corrected chi connectivity index (χ4v) is 1.02. The van der Waals surface area contributed by atoms with Crippen molar-refractivity contribution in [3.63, 3.8) is 0 Å². The van der Waals surface area contributed by atoms with Crippen LogP contribution in [-0.2, 0) is 4.74 Å². The average Bonchev–Trinajstić information content (AvgIpc) is 2.08. The molecular weight excluding hydrogens is 189 g/mol. The molecule has 1 aromatic carbocycles. The van der Waals surface area contributed by atoms with Crippen molar-refractivity contribution in [3.8, 4) is 0 Å². The molecule has 0 saturated heterocycles. The highest BCUT2D eigenvalue weighted by Gasteiger charge is 2.11. The Morgan fingerprint density at radius 3 is 2.79 bits per heavy atom. The van der Waals surface area contributed by atoms with Gasteiger partial charge in [0.05, 0.1) is 5.69 Å². The minimum absolute atomic E-state index is 0.0243. The predicted molar refractivity (Wildman–Crippen MR) is 48.3 cm³/mol. The summed E-state index contributed by atoms with van der Waals surface area (Å²) in [5.74, 6) is -0.580. The van der Waals surface area contributed by atoms with Crippen LogP contribution in [-0.4, -0.2) is 11.3 Å². The van der Waals surface area contributed by atoms with Gasteiger partial charge in [-0.3, -0.25) is 0 Å². The molecule has 5 heteroatoms. The molecule has 0 bridgehead atoms. The molecule has 0 aromatic heterocycles. The molecule has 0 amide bonds. The lowest BCUT2D eigenvalue weighted by molar-refractivity contribution is 0.0586. The van der Waals surface area contributed by atoms with Gasteiger partial charge in [-0.25, -0.2) is 9.18 Å². The number of hydrogen-bond donors (Lipinski definition) is 2. The molecule has 3 N–H and O–H groups in total. The number of ether oxygens (including phenoxy) is 1. The van der Waals surface area contributed by atoms with Gasteiger partial charge in [0, 0.05) is 0 Å². The molecule has 0 fully saturated rings. The maximum atomic E-state index is 12.9. The Kier molecular flexibility index (Phi) is 2.91. The molecule has 0 aliphatic carbocycles. The van der Waals surface area contributed by atoms with Crippen LogP contribution in [0.3, 0.4) is 0 Å². The quantitative estimate of drug-likeness (QED) is 0.565. The number of nitrogens with two attached hydrogens (primary N) is 1. The van der Waals surface area contributed by atoms with Crippen LogP contribution in [0.4, 0.5) is 14.9 Å². The van der Waals surface area contributed by atoms with Crippen LogP contribution in [0.2, 0.25) is 0 Å². The first-order chi connectivity index (χ1) is 6.50. The van der Waals surface area contributed by atoms with Crippen LogP contribution in [0.1, 0.15) is 18.6 Å². The number of carboxylic acid groups (broad SMARTS) is 1. The van der Waals surface area contributed by atoms with Gasteiger partial charge in [-0.05, 0) is 24.6 Å². The van der Waals surface area contributed by atoms with Crippen molar-refractivity contribution in [2.45, 2.75) is 13.0 Å². The Balaban J connectivity index is 2.85. The summed E-state index contributed by atoms with van der Waals surface area (Å²) in [6.45, 7) is 1.51. The van der Waals surface area contributed by atoms with E-state index >= 15 is 0 Å². The second-order valence-corrected chi connectivity index (χ2v) is 2.81. The van der Waals surface area contributed by atoms with Crippen LogP contribution in [0.15, 0.2) is 18.2 Å². The first-order valence-electron chi connectivity index (χ1n) is 3.95. The number of carbonyl (C=O) groups is 1. The van der Waals surface area contributed by atoms with E-state index in [0.717, 1.165) is 6.07 Å². The SMILES string of the molecule is CC(OC(=O)O)c1ccc(N)c(F)c1. The van der Waals surface area contributed by atoms with Crippen molar-refractivity contribution in [2.24, 2.45) is 0 Å². The Morgan fingerprint density at radius 2 is 2.29 bits per heavy atom. The zero-order valence-electron chi connectivity index (χ0n) is 7.53. The molecule has 4 nitrogen and oxygen atoms in total. The van der Waals surface area contributed by atoms with E-state index in [1.807, 2.05) is 0 Å². The summed E-state index contributed by atoms with van der Waals surface area (Å²) < 4.78 is 17.4. The standard InChI is InChI=1S/C9H10FNO3/c1-5(14-9(12)13)6-2-3-8(11)7(10)4-6/h2-5H,11H2,1H3,(H,12,13). The van der Waals surface area contributed by atoms with Gasteiger partial charge in [0.15, 0.2) is 0 Å². The topological polar surface area (TPSA) is 72.5 Å². The van der Waals surface area contributed by atoms with E-state index in [1.54, 1.807) is 0 Å². The van der Waals surface area contributed by atoms with Crippen molar-refractivity contribution in [2.75, 3.05) is 5.73 Å². The summed E-state index contributed by atoms with van der Waals surface area (Å²) in [7, 11) is 0. The maximum absolute atomic E-state index is 12.9. The predicted octanol–water partition coefficient (Wildman–Crippen LogP) is 2.16. The zero-order chi connectivity index (χ0) is 10.7. The van der Waals surface area contributed by atoms with Gasteiger partial charge in [-0.15, -0.1) is 0 Å². The number of rotatable bonds is 2. The lowest BCUT2D eigenvalue weighted by Gasteiger charge is -2.11. The summed E-state index contributed by atoms with van der Waals surface area (Å²) in [6, 6.07) is 4.04. The third-order valence-electron chi connectivity index (χ3n) is 1.77. The van der Waals surface area contributed by atoms with Crippen LogP contribution < -0.4 is 5.73 Å². The van der Waals surface area contributed by atoms with E-state index in [9.17, 15) is 9.18 Å². The molecule has 0 heterocycles. The largest absolute Gasteiger partial charge is 0.506 e. The Hall–Kier alpha value is -1.78. The summed E-state index contributed by atoms with van der Waals surface area (Å²) in [5, 5.41) is 8.33. The third kappa shape index (κ3) is 2.35. The molecule has 0 aliphatic heterocycles. The normalized spacial score (nSPS) is 12.1. The van der Waals surface area contributed by atoms with Crippen molar-refractivity contribution in [1.82, 2.24) is 0 Å². The molecule has 0 spiro atoms. The zero-order valence-corrected chi connectivity index (χ0v) is 7.53. The minimum atomic E-state index is -1.39. The summed E-state index contributed by atoms with van der Waals surface area (Å²) >= 11 is 0. The monoisotopic (exact) mass is 199 g/mol. The van der Waals surface area contributed by atoms with Crippen LogP contribution in [0, 0.1) is 5.82 Å². The molecule has 1 unspecified atom stereocenters. The van der Waals surface area contributed by atoms with Crippen molar-refractivity contribution >= 4 is 11.8 Å². The molecule has 0 radical (unpaired) electrons. The number of hydrogen-bond acceptors (Lipinski definition) is 3. The van der Waals surface area contributed by atoms with Gasteiger partial charge in [0.25, 0.3) is 0 Å². The molecule has 14 heavy (non-hydrogen) atoms. The van der Waals surface area contributed by atoms with Crippen molar-refractivity contribution in [1.29, 1.82) is 0 Å². The van der Waals surface area contributed by atoms with E-state index in [2.05, 4.69) is 4.74 Å². The van der Waals surface area contributed by atoms with E-state index < -0.39 is 18.1 Å².